The topological polar surface area (TPSA) is 118 Å². The molecule has 0 saturated heterocycles. The summed E-state index contributed by atoms with van der Waals surface area (Å²) in [6.45, 7) is 1.61. The number of carbonyl (C=O) groups is 2. The molecule has 1 aromatic carbocycles. The van der Waals surface area contributed by atoms with Crippen LogP contribution < -0.4 is 34.7 Å². The first-order valence-corrected chi connectivity index (χ1v) is 4.80. The zero-order valence-corrected chi connectivity index (χ0v) is 12.2. The zero-order valence-electron chi connectivity index (χ0n) is 10.2. The number of carboxylic acid groups (broad SMARTS) is 2. The number of phenols is 1. The van der Waals surface area contributed by atoms with Crippen molar-refractivity contribution in [3.05, 3.63) is 29.8 Å². The second kappa shape index (κ2) is 9.90. The molecule has 0 bridgehead atoms. The van der Waals surface area contributed by atoms with Crippen LogP contribution in [0.2, 0.25) is 0 Å². The molecule has 0 aliphatic rings. The fourth-order valence-corrected chi connectivity index (χ4v) is 0.821. The van der Waals surface area contributed by atoms with Crippen LogP contribution in [-0.4, -0.2) is 33.4 Å². The molecule has 3 N–H and O–H groups in total. The Morgan fingerprint density at radius 2 is 1.83 bits per heavy atom. The molecule has 7 heteroatoms. The molecular weight excluding hydrogens is 251 g/mol. The van der Waals surface area contributed by atoms with Gasteiger partial charge in [0.15, 0.2) is 6.10 Å². The van der Waals surface area contributed by atoms with Crippen molar-refractivity contribution in [2.24, 2.45) is 0 Å². The van der Waals surface area contributed by atoms with Crippen molar-refractivity contribution in [2.75, 3.05) is 0 Å². The molecule has 0 aliphatic heterocycles. The number of carbonyl (C=O) groups excluding carboxylic acids is 1. The quantitative estimate of drug-likeness (QED) is 0.490. The SMILES string of the molecule is CCC(O)C(=O)O.O=C([O-])c1ccccc1O.[Na+]. The van der Waals surface area contributed by atoms with Crippen molar-refractivity contribution in [3.8, 4) is 5.75 Å². The number of aromatic carboxylic acids is 1. The number of rotatable bonds is 3. The van der Waals surface area contributed by atoms with Crippen molar-refractivity contribution < 1.29 is 59.6 Å². The van der Waals surface area contributed by atoms with Crippen LogP contribution in [-0.2, 0) is 4.79 Å². The molecule has 0 aromatic heterocycles. The van der Waals surface area contributed by atoms with Crippen LogP contribution in [0.25, 0.3) is 0 Å². The van der Waals surface area contributed by atoms with Gasteiger partial charge in [-0.05, 0) is 18.6 Å². The molecular formula is C11H13NaO6. The predicted molar refractivity (Wildman–Crippen MR) is 56.4 cm³/mol. The molecule has 0 amide bonds. The van der Waals surface area contributed by atoms with E-state index in [1.807, 2.05) is 0 Å². The summed E-state index contributed by atoms with van der Waals surface area (Å²) in [5.41, 5.74) is -0.178. The van der Waals surface area contributed by atoms with E-state index in [-0.39, 0.29) is 47.3 Å². The summed E-state index contributed by atoms with van der Waals surface area (Å²) >= 11 is 0. The van der Waals surface area contributed by atoms with E-state index < -0.39 is 18.0 Å². The number of benzene rings is 1. The van der Waals surface area contributed by atoms with Crippen LogP contribution in [0.3, 0.4) is 0 Å². The maximum Gasteiger partial charge on any atom is 1.00 e. The van der Waals surface area contributed by atoms with E-state index in [0.29, 0.717) is 0 Å². The Bertz CT molecular complexity index is 393. The molecule has 0 radical (unpaired) electrons. The summed E-state index contributed by atoms with van der Waals surface area (Å²) in [4.78, 5) is 19.8. The van der Waals surface area contributed by atoms with Crippen molar-refractivity contribution in [2.45, 2.75) is 19.4 Å². The smallest absolute Gasteiger partial charge is 0.545 e. The van der Waals surface area contributed by atoms with Crippen molar-refractivity contribution in [3.63, 3.8) is 0 Å². The first-order chi connectivity index (χ1) is 7.90. The van der Waals surface area contributed by atoms with E-state index in [2.05, 4.69) is 0 Å². The second-order valence-corrected chi connectivity index (χ2v) is 3.07. The summed E-state index contributed by atoms with van der Waals surface area (Å²) in [6.07, 6.45) is -0.907. The summed E-state index contributed by atoms with van der Waals surface area (Å²) in [5.74, 6) is -2.77. The van der Waals surface area contributed by atoms with Crippen LogP contribution in [0, 0.1) is 0 Å². The predicted octanol–water partition coefficient (Wildman–Crippen LogP) is -3.40. The minimum absolute atomic E-state index is 0. The maximum atomic E-state index is 10.2. The van der Waals surface area contributed by atoms with Gasteiger partial charge in [-0.15, -0.1) is 0 Å². The van der Waals surface area contributed by atoms with Gasteiger partial charge in [0, 0.05) is 5.56 Å². The largest absolute Gasteiger partial charge is 1.00 e. The third-order valence-corrected chi connectivity index (χ3v) is 1.80. The molecule has 1 rings (SSSR count). The van der Waals surface area contributed by atoms with Gasteiger partial charge in [0.25, 0.3) is 0 Å². The number of hydrogen-bond donors (Lipinski definition) is 3. The summed E-state index contributed by atoms with van der Waals surface area (Å²) < 4.78 is 0. The third-order valence-electron chi connectivity index (χ3n) is 1.80. The van der Waals surface area contributed by atoms with Crippen molar-refractivity contribution >= 4 is 11.9 Å². The van der Waals surface area contributed by atoms with Crippen LogP contribution in [0.15, 0.2) is 24.3 Å². The van der Waals surface area contributed by atoms with Crippen LogP contribution in [0.5, 0.6) is 5.75 Å². The van der Waals surface area contributed by atoms with Gasteiger partial charge in [-0.3, -0.25) is 0 Å². The Balaban J connectivity index is 0. The van der Waals surface area contributed by atoms with E-state index in [9.17, 15) is 14.7 Å². The Morgan fingerprint density at radius 1 is 1.33 bits per heavy atom. The van der Waals surface area contributed by atoms with E-state index in [4.69, 9.17) is 15.3 Å². The van der Waals surface area contributed by atoms with Crippen LogP contribution in [0.4, 0.5) is 0 Å². The van der Waals surface area contributed by atoms with Crippen LogP contribution in [0.1, 0.15) is 23.7 Å². The average molecular weight is 264 g/mol. The van der Waals surface area contributed by atoms with Gasteiger partial charge in [-0.25, -0.2) is 4.79 Å². The number of aliphatic hydroxyl groups is 1. The molecule has 18 heavy (non-hydrogen) atoms. The number of carboxylic acids is 2. The molecule has 0 fully saturated rings. The van der Waals surface area contributed by atoms with Gasteiger partial charge >= 0.3 is 35.5 Å². The van der Waals surface area contributed by atoms with Gasteiger partial charge in [0.2, 0.25) is 0 Å². The molecule has 0 saturated carbocycles. The molecule has 0 heterocycles. The van der Waals surface area contributed by atoms with E-state index >= 15 is 0 Å². The van der Waals surface area contributed by atoms with E-state index in [0.717, 1.165) is 0 Å². The first-order valence-electron chi connectivity index (χ1n) is 4.80. The Hall–Kier alpha value is -1.08. The minimum atomic E-state index is -1.36. The number of aromatic hydroxyl groups is 1. The van der Waals surface area contributed by atoms with Gasteiger partial charge in [-0.2, -0.15) is 0 Å². The molecule has 1 unspecified atom stereocenters. The van der Waals surface area contributed by atoms with Gasteiger partial charge in [0.1, 0.15) is 5.75 Å². The summed E-state index contributed by atoms with van der Waals surface area (Å²) in [6, 6.07) is 5.64. The molecule has 0 aliphatic carbocycles. The Labute approximate surface area is 126 Å². The summed E-state index contributed by atoms with van der Waals surface area (Å²) in [5, 5.41) is 35.3. The molecule has 1 atom stereocenters. The Morgan fingerprint density at radius 3 is 2.06 bits per heavy atom. The molecule has 0 spiro atoms. The molecule has 94 valence electrons. The fourth-order valence-electron chi connectivity index (χ4n) is 0.821. The normalized spacial score (nSPS) is 10.3. The van der Waals surface area contributed by atoms with Crippen molar-refractivity contribution in [1.82, 2.24) is 0 Å². The Kier molecular flexibility index (Phi) is 10.6. The second-order valence-electron chi connectivity index (χ2n) is 3.07. The number of aliphatic carboxylic acids is 1. The number of aliphatic hydroxyl groups excluding tert-OH is 1. The molecule has 6 nitrogen and oxygen atoms in total. The van der Waals surface area contributed by atoms with Crippen molar-refractivity contribution in [1.29, 1.82) is 0 Å². The minimum Gasteiger partial charge on any atom is -0.545 e. The average Bonchev–Trinajstić information content (AvgIpc) is 2.28. The van der Waals surface area contributed by atoms with E-state index in [1.54, 1.807) is 13.0 Å². The van der Waals surface area contributed by atoms with Crippen LogP contribution >= 0.6 is 0 Å². The number of para-hydroxylation sites is 1. The number of hydrogen-bond acceptors (Lipinski definition) is 5. The van der Waals surface area contributed by atoms with Gasteiger partial charge in [-0.1, -0.05) is 19.1 Å². The maximum absolute atomic E-state index is 10.2. The first kappa shape index (κ1) is 19.3. The zero-order chi connectivity index (χ0) is 13.4. The van der Waals surface area contributed by atoms with E-state index in [1.165, 1.54) is 18.2 Å². The molecule has 1 aromatic rings. The fraction of sp³-hybridized carbons (Fsp3) is 0.273. The van der Waals surface area contributed by atoms with Gasteiger partial charge < -0.3 is 25.2 Å². The monoisotopic (exact) mass is 264 g/mol. The third kappa shape index (κ3) is 7.29. The van der Waals surface area contributed by atoms with Gasteiger partial charge in [0.05, 0.1) is 5.97 Å². The summed E-state index contributed by atoms with van der Waals surface area (Å²) in [7, 11) is 0. The standard InChI is InChI=1S/C7H6O3.C4H8O3.Na/c8-6-4-2-1-3-5(6)7(9)10;1-2-3(5)4(6)7;/h1-4,8H,(H,9,10);3,5H,2H2,1H3,(H,6,7);/q;;+1/p-1.